The highest BCUT2D eigenvalue weighted by Crippen LogP contribution is 2.27. The Hall–Kier alpha value is -1.86. The number of thiophene rings is 1. The second-order valence-electron chi connectivity index (χ2n) is 5.59. The van der Waals surface area contributed by atoms with Gasteiger partial charge in [-0.25, -0.2) is 0 Å². The number of rotatable bonds is 5. The molecular formula is C17H19BrN2O3S. The Labute approximate surface area is 153 Å². The molecule has 0 unspecified atom stereocenters. The number of carbonyl (C=O) groups excluding carboxylic acids is 2. The van der Waals surface area contributed by atoms with Crippen LogP contribution in [0.3, 0.4) is 0 Å². The maximum Gasteiger partial charge on any atom is 0.279 e. The third kappa shape index (κ3) is 5.07. The average molecular weight is 411 g/mol. The van der Waals surface area contributed by atoms with Crippen LogP contribution >= 0.6 is 27.3 Å². The molecule has 128 valence electrons. The van der Waals surface area contributed by atoms with Crippen LogP contribution in [-0.2, 0) is 4.79 Å². The highest BCUT2D eigenvalue weighted by molar-refractivity contribution is 9.11. The molecule has 2 rings (SSSR count). The van der Waals surface area contributed by atoms with Crippen molar-refractivity contribution in [2.24, 2.45) is 0 Å². The molecule has 24 heavy (non-hydrogen) atoms. The fraction of sp³-hybridized carbons (Fsp3) is 0.294. The lowest BCUT2D eigenvalue weighted by molar-refractivity contribution is -0.123. The Balaban J connectivity index is 1.87. The zero-order chi connectivity index (χ0) is 17.7. The van der Waals surface area contributed by atoms with Gasteiger partial charge in [-0.2, -0.15) is 0 Å². The summed E-state index contributed by atoms with van der Waals surface area (Å²) in [6.45, 7) is 5.93. The van der Waals surface area contributed by atoms with Crippen molar-refractivity contribution in [2.75, 3.05) is 6.61 Å². The summed E-state index contributed by atoms with van der Waals surface area (Å²) in [5.74, 6) is 0.196. The maximum atomic E-state index is 11.9. The number of carbonyl (C=O) groups is 2. The van der Waals surface area contributed by atoms with E-state index in [9.17, 15) is 9.59 Å². The molecule has 0 spiro atoms. The van der Waals surface area contributed by atoms with E-state index in [1.807, 2.05) is 25.1 Å². The van der Waals surface area contributed by atoms with Crippen molar-refractivity contribution in [1.82, 2.24) is 10.9 Å². The van der Waals surface area contributed by atoms with Crippen LogP contribution in [0.2, 0.25) is 0 Å². The van der Waals surface area contributed by atoms with Crippen molar-refractivity contribution in [2.45, 2.75) is 26.7 Å². The molecule has 0 atom stereocenters. The van der Waals surface area contributed by atoms with Gasteiger partial charge in [-0.1, -0.05) is 26.0 Å². The van der Waals surface area contributed by atoms with Gasteiger partial charge in [0.1, 0.15) is 5.75 Å². The van der Waals surface area contributed by atoms with Crippen molar-refractivity contribution < 1.29 is 14.3 Å². The minimum absolute atomic E-state index is 0.169. The second kappa shape index (κ2) is 8.30. The summed E-state index contributed by atoms with van der Waals surface area (Å²) in [6, 6.07) is 9.37. The minimum atomic E-state index is -0.421. The molecule has 1 heterocycles. The Morgan fingerprint density at radius 1 is 1.21 bits per heavy atom. The van der Waals surface area contributed by atoms with Gasteiger partial charge in [-0.15, -0.1) is 11.3 Å². The number of hydrogen-bond donors (Lipinski definition) is 2. The molecule has 5 nitrogen and oxygen atoms in total. The summed E-state index contributed by atoms with van der Waals surface area (Å²) in [6.07, 6.45) is 0. The number of halogens is 1. The van der Waals surface area contributed by atoms with Crippen LogP contribution in [-0.4, -0.2) is 18.4 Å². The summed E-state index contributed by atoms with van der Waals surface area (Å²) in [7, 11) is 0. The molecule has 0 aliphatic carbocycles. The van der Waals surface area contributed by atoms with E-state index in [2.05, 4.69) is 40.6 Å². The molecular weight excluding hydrogens is 392 g/mol. The average Bonchev–Trinajstić information content (AvgIpc) is 2.97. The quantitative estimate of drug-likeness (QED) is 0.736. The molecule has 0 aliphatic rings. The Kier molecular flexibility index (Phi) is 6.39. The van der Waals surface area contributed by atoms with E-state index in [1.54, 1.807) is 12.1 Å². The Bertz CT molecular complexity index is 743. The topological polar surface area (TPSA) is 67.4 Å². The van der Waals surface area contributed by atoms with Gasteiger partial charge in [0, 0.05) is 0 Å². The molecule has 1 aromatic carbocycles. The number of ether oxygens (including phenoxy) is 1. The molecule has 2 amide bonds. The zero-order valence-corrected chi connectivity index (χ0v) is 16.1. The van der Waals surface area contributed by atoms with Crippen molar-refractivity contribution in [3.8, 4) is 5.75 Å². The van der Waals surface area contributed by atoms with Crippen molar-refractivity contribution in [1.29, 1.82) is 0 Å². The highest BCUT2D eigenvalue weighted by Gasteiger charge is 2.12. The van der Waals surface area contributed by atoms with Crippen molar-refractivity contribution >= 4 is 39.1 Å². The number of aryl methyl sites for hydroxylation is 1. The predicted molar refractivity (Wildman–Crippen MR) is 98.4 cm³/mol. The first-order valence-corrected chi connectivity index (χ1v) is 9.05. The van der Waals surface area contributed by atoms with Crippen LogP contribution in [0.5, 0.6) is 5.75 Å². The van der Waals surface area contributed by atoms with Crippen LogP contribution < -0.4 is 15.6 Å². The van der Waals surface area contributed by atoms with E-state index in [1.165, 1.54) is 11.3 Å². The van der Waals surface area contributed by atoms with Gasteiger partial charge in [-0.05, 0) is 58.1 Å². The Morgan fingerprint density at radius 3 is 2.58 bits per heavy atom. The van der Waals surface area contributed by atoms with Gasteiger partial charge in [0.2, 0.25) is 0 Å². The Morgan fingerprint density at radius 2 is 1.96 bits per heavy atom. The smallest absolute Gasteiger partial charge is 0.279 e. The monoisotopic (exact) mass is 410 g/mol. The van der Waals surface area contributed by atoms with E-state index in [-0.39, 0.29) is 12.5 Å². The largest absolute Gasteiger partial charge is 0.483 e. The molecule has 0 fully saturated rings. The fourth-order valence-corrected chi connectivity index (χ4v) is 3.33. The van der Waals surface area contributed by atoms with E-state index >= 15 is 0 Å². The van der Waals surface area contributed by atoms with Crippen molar-refractivity contribution in [3.05, 3.63) is 50.1 Å². The van der Waals surface area contributed by atoms with Gasteiger partial charge in [0.25, 0.3) is 11.8 Å². The lowest BCUT2D eigenvalue weighted by Crippen LogP contribution is -2.43. The van der Waals surface area contributed by atoms with E-state index in [4.69, 9.17) is 4.74 Å². The lowest BCUT2D eigenvalue weighted by atomic mass is 10.0. The second-order valence-corrected chi connectivity index (χ2v) is 8.05. The summed E-state index contributed by atoms with van der Waals surface area (Å²) in [5.41, 5.74) is 6.82. The van der Waals surface area contributed by atoms with E-state index < -0.39 is 5.91 Å². The number of benzene rings is 1. The van der Waals surface area contributed by atoms with Crippen LogP contribution in [0.4, 0.5) is 0 Å². The standard InChI is InChI=1S/C17H19BrN2O3S/c1-10(2)12-5-4-11(3)8-13(12)23-9-16(21)19-20-17(22)14-6-7-15(18)24-14/h4-8,10H,9H2,1-3H3,(H,19,21)(H,20,22). The molecule has 7 heteroatoms. The SMILES string of the molecule is Cc1ccc(C(C)C)c(OCC(=O)NNC(=O)c2ccc(Br)s2)c1. The van der Waals surface area contributed by atoms with Crippen LogP contribution in [0.1, 0.15) is 40.6 Å². The molecule has 2 N–H and O–H groups in total. The van der Waals surface area contributed by atoms with Gasteiger partial charge in [0.15, 0.2) is 6.61 Å². The highest BCUT2D eigenvalue weighted by atomic mass is 79.9. The predicted octanol–water partition coefficient (Wildman–Crippen LogP) is 3.78. The van der Waals surface area contributed by atoms with Crippen LogP contribution in [0.25, 0.3) is 0 Å². The number of hydrazine groups is 1. The molecule has 0 aliphatic heterocycles. The van der Waals surface area contributed by atoms with Gasteiger partial charge >= 0.3 is 0 Å². The summed E-state index contributed by atoms with van der Waals surface area (Å²) >= 11 is 4.57. The summed E-state index contributed by atoms with van der Waals surface area (Å²) in [4.78, 5) is 24.2. The maximum absolute atomic E-state index is 11.9. The van der Waals surface area contributed by atoms with Gasteiger partial charge in [0.05, 0.1) is 8.66 Å². The van der Waals surface area contributed by atoms with E-state index in [0.29, 0.717) is 16.5 Å². The first-order chi connectivity index (χ1) is 11.4. The molecule has 2 aromatic rings. The number of nitrogens with one attached hydrogen (secondary N) is 2. The summed E-state index contributed by atoms with van der Waals surface area (Å²) in [5, 5.41) is 0. The third-order valence-electron chi connectivity index (χ3n) is 3.26. The molecule has 0 saturated heterocycles. The number of hydrogen-bond acceptors (Lipinski definition) is 4. The zero-order valence-electron chi connectivity index (χ0n) is 13.7. The minimum Gasteiger partial charge on any atom is -0.483 e. The van der Waals surface area contributed by atoms with Gasteiger partial charge in [-0.3, -0.25) is 20.4 Å². The molecule has 1 aromatic heterocycles. The summed E-state index contributed by atoms with van der Waals surface area (Å²) < 4.78 is 6.46. The van der Waals surface area contributed by atoms with Crippen LogP contribution in [0.15, 0.2) is 34.1 Å². The number of amides is 2. The third-order valence-corrected chi connectivity index (χ3v) is 4.88. The van der Waals surface area contributed by atoms with Gasteiger partial charge < -0.3 is 4.74 Å². The first kappa shape index (κ1) is 18.5. The normalized spacial score (nSPS) is 10.5. The van der Waals surface area contributed by atoms with E-state index in [0.717, 1.165) is 14.9 Å². The molecule has 0 saturated carbocycles. The van der Waals surface area contributed by atoms with Crippen molar-refractivity contribution in [3.63, 3.8) is 0 Å². The van der Waals surface area contributed by atoms with Crippen LogP contribution in [0, 0.1) is 6.92 Å². The fourth-order valence-electron chi connectivity index (χ4n) is 2.05. The molecule has 0 radical (unpaired) electrons. The first-order valence-electron chi connectivity index (χ1n) is 7.44. The molecule has 0 bridgehead atoms. The lowest BCUT2D eigenvalue weighted by Gasteiger charge is -2.15.